The standard InChI is InChI=1S/C39H45N7O8S/c1-21-32(55-20-42-21)23-12-10-22(11-13-23)18-41-34(50)28-17-24(47)19-45(28)38(54)33(39(2,3)4)43-29(48)9-6-16-40-26-8-5-7-25-31(26)37(53)46(36(25)52)27-14-15-30(49)44-35(27)51/h5,7-8,10-13,20,24,27-28,33,40,47H,6,9,14-19H2,1-4H3,(H,41,50)(H,43,48)(H,44,49,51)/t24-,27?,28+,33-/m1/s1. The van der Waals surface area contributed by atoms with Gasteiger partial charge in [-0.05, 0) is 48.4 Å². The summed E-state index contributed by atoms with van der Waals surface area (Å²) in [5, 5.41) is 21.6. The maximum absolute atomic E-state index is 14.0. The fourth-order valence-electron chi connectivity index (χ4n) is 7.15. The first-order valence-corrected chi connectivity index (χ1v) is 19.2. The van der Waals surface area contributed by atoms with Crippen LogP contribution in [0.4, 0.5) is 5.69 Å². The Kier molecular flexibility index (Phi) is 11.5. The molecular formula is C39H45N7O8S. The number of likely N-dealkylation sites (tertiary alicyclic amines) is 1. The van der Waals surface area contributed by atoms with Crippen LogP contribution in [0.15, 0.2) is 48.0 Å². The number of β-amino-alcohol motifs (C(OH)–C–C–N with tert-alkyl or cyclic N) is 1. The third kappa shape index (κ3) is 8.44. The van der Waals surface area contributed by atoms with E-state index in [2.05, 4.69) is 26.3 Å². The fraction of sp³-hybridized carbons (Fsp3) is 0.436. The number of aryl methyl sites for hydroxylation is 1. The zero-order valence-electron chi connectivity index (χ0n) is 31.1. The minimum atomic E-state index is -1.09. The van der Waals surface area contributed by atoms with E-state index < -0.39 is 71.0 Å². The van der Waals surface area contributed by atoms with Crippen molar-refractivity contribution in [2.24, 2.45) is 5.41 Å². The molecule has 0 spiro atoms. The molecule has 2 aromatic carbocycles. The third-order valence-electron chi connectivity index (χ3n) is 10.1. The number of anilines is 1. The molecule has 0 aliphatic carbocycles. The number of hydrogen-bond acceptors (Lipinski definition) is 11. The molecule has 16 heteroatoms. The number of aliphatic hydroxyl groups excluding tert-OH is 1. The van der Waals surface area contributed by atoms with Crippen LogP contribution in [0.3, 0.4) is 0 Å². The molecule has 0 saturated carbocycles. The quantitative estimate of drug-likeness (QED) is 0.134. The van der Waals surface area contributed by atoms with Gasteiger partial charge in [0.25, 0.3) is 11.8 Å². The lowest BCUT2D eigenvalue weighted by molar-refractivity contribution is -0.144. The number of hydrogen-bond donors (Lipinski definition) is 5. The first-order chi connectivity index (χ1) is 26.1. The van der Waals surface area contributed by atoms with Crippen LogP contribution in [0.2, 0.25) is 0 Å². The summed E-state index contributed by atoms with van der Waals surface area (Å²) in [7, 11) is 0. The van der Waals surface area contributed by atoms with Crippen LogP contribution in [-0.4, -0.2) is 98.6 Å². The van der Waals surface area contributed by atoms with E-state index in [-0.39, 0.29) is 56.4 Å². The Labute approximate surface area is 322 Å². The van der Waals surface area contributed by atoms with E-state index in [0.717, 1.165) is 26.6 Å². The maximum Gasteiger partial charge on any atom is 0.264 e. The summed E-state index contributed by atoms with van der Waals surface area (Å²) < 4.78 is 0. The summed E-state index contributed by atoms with van der Waals surface area (Å²) in [5.41, 5.74) is 4.54. The zero-order valence-corrected chi connectivity index (χ0v) is 32.0. The molecule has 3 aromatic rings. The minimum absolute atomic E-state index is 0.0133. The van der Waals surface area contributed by atoms with Gasteiger partial charge in [-0.15, -0.1) is 11.3 Å². The van der Waals surface area contributed by atoms with E-state index in [0.29, 0.717) is 12.1 Å². The summed E-state index contributed by atoms with van der Waals surface area (Å²) in [6.07, 6.45) is -0.452. The van der Waals surface area contributed by atoms with Crippen molar-refractivity contribution in [3.05, 3.63) is 70.4 Å². The number of thiazole rings is 1. The van der Waals surface area contributed by atoms with Crippen LogP contribution in [0.5, 0.6) is 0 Å². The highest BCUT2D eigenvalue weighted by Gasteiger charge is 2.46. The van der Waals surface area contributed by atoms with E-state index in [9.17, 15) is 38.7 Å². The van der Waals surface area contributed by atoms with Gasteiger partial charge < -0.3 is 26.0 Å². The average Bonchev–Trinajstić information content (AvgIpc) is 3.83. The van der Waals surface area contributed by atoms with E-state index in [4.69, 9.17) is 0 Å². The van der Waals surface area contributed by atoms with Crippen molar-refractivity contribution >= 4 is 58.4 Å². The number of benzene rings is 2. The highest BCUT2D eigenvalue weighted by atomic mass is 32.1. The predicted molar refractivity (Wildman–Crippen MR) is 202 cm³/mol. The van der Waals surface area contributed by atoms with Gasteiger partial charge in [-0.3, -0.25) is 43.8 Å². The number of aromatic nitrogens is 1. The second kappa shape index (κ2) is 16.1. The zero-order chi connectivity index (χ0) is 39.6. The van der Waals surface area contributed by atoms with Gasteiger partial charge in [-0.1, -0.05) is 51.1 Å². The molecular weight excluding hydrogens is 727 g/mol. The van der Waals surface area contributed by atoms with Crippen molar-refractivity contribution < 1.29 is 38.7 Å². The van der Waals surface area contributed by atoms with Crippen molar-refractivity contribution in [3.63, 3.8) is 0 Å². The predicted octanol–water partition coefficient (Wildman–Crippen LogP) is 2.52. The van der Waals surface area contributed by atoms with E-state index in [1.165, 1.54) is 11.0 Å². The van der Waals surface area contributed by atoms with Crippen molar-refractivity contribution in [1.29, 1.82) is 0 Å². The molecule has 6 rings (SSSR count). The third-order valence-corrected chi connectivity index (χ3v) is 11.1. The van der Waals surface area contributed by atoms with Crippen molar-refractivity contribution in [3.8, 4) is 10.4 Å². The Morgan fingerprint density at radius 3 is 2.47 bits per heavy atom. The molecule has 4 heterocycles. The number of fused-ring (bicyclic) bond motifs is 1. The number of aliphatic hydroxyl groups is 1. The number of carbonyl (C=O) groups excluding carboxylic acids is 7. The van der Waals surface area contributed by atoms with Crippen molar-refractivity contribution in [2.75, 3.05) is 18.4 Å². The highest BCUT2D eigenvalue weighted by molar-refractivity contribution is 7.13. The Balaban J connectivity index is 1.03. The molecule has 3 aliphatic rings. The lowest BCUT2D eigenvalue weighted by Gasteiger charge is -2.35. The summed E-state index contributed by atoms with van der Waals surface area (Å²) in [4.78, 5) is 98.8. The molecule has 3 aliphatic heterocycles. The number of nitrogens with zero attached hydrogens (tertiary/aromatic N) is 3. The van der Waals surface area contributed by atoms with Gasteiger partial charge in [0.15, 0.2) is 0 Å². The molecule has 2 fully saturated rings. The van der Waals surface area contributed by atoms with Gasteiger partial charge in [-0.25, -0.2) is 4.98 Å². The van der Waals surface area contributed by atoms with Crippen LogP contribution in [-0.2, 0) is 30.5 Å². The largest absolute Gasteiger partial charge is 0.391 e. The van der Waals surface area contributed by atoms with Gasteiger partial charge in [0.1, 0.15) is 18.1 Å². The van der Waals surface area contributed by atoms with Gasteiger partial charge in [0, 0.05) is 44.6 Å². The first-order valence-electron chi connectivity index (χ1n) is 18.3. The summed E-state index contributed by atoms with van der Waals surface area (Å²) in [6.45, 7) is 7.81. The molecule has 7 amide bonds. The van der Waals surface area contributed by atoms with Crippen LogP contribution in [0.1, 0.15) is 84.8 Å². The molecule has 5 N–H and O–H groups in total. The van der Waals surface area contributed by atoms with Gasteiger partial charge in [-0.2, -0.15) is 0 Å². The lowest BCUT2D eigenvalue weighted by Crippen LogP contribution is -2.57. The number of imide groups is 2. The topological polar surface area (TPSA) is 207 Å². The van der Waals surface area contributed by atoms with Crippen molar-refractivity contribution in [1.82, 2.24) is 30.7 Å². The molecule has 55 heavy (non-hydrogen) atoms. The molecule has 15 nitrogen and oxygen atoms in total. The normalized spacial score (nSPS) is 20.3. The molecule has 0 radical (unpaired) electrons. The second-order valence-electron chi connectivity index (χ2n) is 15.1. The Bertz CT molecular complexity index is 2020. The smallest absolute Gasteiger partial charge is 0.264 e. The number of carbonyl (C=O) groups is 7. The Hall–Kier alpha value is -5.48. The minimum Gasteiger partial charge on any atom is -0.391 e. The van der Waals surface area contributed by atoms with Crippen LogP contribution < -0.4 is 21.3 Å². The average molecular weight is 772 g/mol. The number of piperidine rings is 1. The monoisotopic (exact) mass is 771 g/mol. The van der Waals surface area contributed by atoms with E-state index in [1.807, 2.05) is 52.0 Å². The second-order valence-corrected chi connectivity index (χ2v) is 16.0. The van der Waals surface area contributed by atoms with Crippen LogP contribution in [0.25, 0.3) is 10.4 Å². The first kappa shape index (κ1) is 39.2. The summed E-state index contributed by atoms with van der Waals surface area (Å²) in [5.74, 6) is -3.68. The number of nitrogens with one attached hydrogen (secondary N) is 4. The Morgan fingerprint density at radius 1 is 1.05 bits per heavy atom. The van der Waals surface area contributed by atoms with E-state index in [1.54, 1.807) is 29.0 Å². The number of rotatable bonds is 12. The maximum atomic E-state index is 14.0. The molecule has 4 atom stereocenters. The lowest BCUT2D eigenvalue weighted by atomic mass is 9.85. The molecule has 1 aromatic heterocycles. The van der Waals surface area contributed by atoms with Gasteiger partial charge >= 0.3 is 0 Å². The van der Waals surface area contributed by atoms with Crippen LogP contribution >= 0.6 is 11.3 Å². The van der Waals surface area contributed by atoms with E-state index >= 15 is 0 Å². The van der Waals surface area contributed by atoms with Crippen molar-refractivity contribution in [2.45, 2.75) is 90.6 Å². The van der Waals surface area contributed by atoms with Crippen LogP contribution in [0, 0.1) is 12.3 Å². The van der Waals surface area contributed by atoms with Gasteiger partial charge in [0.05, 0.1) is 33.3 Å². The van der Waals surface area contributed by atoms with Gasteiger partial charge in [0.2, 0.25) is 29.5 Å². The molecule has 2 saturated heterocycles. The molecule has 1 unspecified atom stereocenters. The summed E-state index contributed by atoms with van der Waals surface area (Å²) in [6, 6.07) is 9.54. The number of amides is 7. The molecule has 0 bridgehead atoms. The highest BCUT2D eigenvalue weighted by Crippen LogP contribution is 2.33. The Morgan fingerprint density at radius 2 is 1.80 bits per heavy atom. The summed E-state index contributed by atoms with van der Waals surface area (Å²) >= 11 is 1.56. The SMILES string of the molecule is Cc1ncsc1-c1ccc(CNC(=O)[C@@H]2C[C@@H](O)CN2C(=O)[C@@H](NC(=O)CCCNc2cccc3c2C(=O)N(C2CCC(=O)NC2=O)C3=O)C(C)(C)C)cc1. The fourth-order valence-corrected chi connectivity index (χ4v) is 7.96. The molecule has 290 valence electrons.